The van der Waals surface area contributed by atoms with E-state index in [0.29, 0.717) is 5.39 Å². The highest BCUT2D eigenvalue weighted by molar-refractivity contribution is 6.34. The average Bonchev–Trinajstić information content (AvgIpc) is 2.50. The lowest BCUT2D eigenvalue weighted by molar-refractivity contribution is -0.382. The molecule has 0 fully saturated rings. The lowest BCUT2D eigenvalue weighted by Gasteiger charge is -2.06. The molecule has 0 aromatic heterocycles. The number of nitro groups is 1. The van der Waals surface area contributed by atoms with Gasteiger partial charge in [-0.1, -0.05) is 41.9 Å². The van der Waals surface area contributed by atoms with Crippen LogP contribution in [-0.2, 0) is 0 Å². The fraction of sp³-hybridized carbons (Fsp3) is 0. The maximum atomic E-state index is 11.3. The molecule has 0 aliphatic rings. The number of halogens is 1. The minimum absolute atomic E-state index is 0.0331. The summed E-state index contributed by atoms with van der Waals surface area (Å²) < 4.78 is 0. The zero-order valence-electron chi connectivity index (χ0n) is 11.4. The summed E-state index contributed by atoms with van der Waals surface area (Å²) >= 11 is 6.00. The van der Waals surface area contributed by atoms with Gasteiger partial charge in [0.1, 0.15) is 5.02 Å². The lowest BCUT2D eigenvalue weighted by Crippen LogP contribution is -1.91. The van der Waals surface area contributed by atoms with E-state index in [1.807, 2.05) is 36.4 Å². The largest absolute Gasteiger partial charge is 0.295 e. The van der Waals surface area contributed by atoms with Crippen LogP contribution in [0.2, 0.25) is 5.02 Å². The quantitative estimate of drug-likeness (QED) is 0.257. The molecule has 4 aromatic carbocycles. The van der Waals surface area contributed by atoms with Crippen LogP contribution in [0.25, 0.3) is 32.3 Å². The van der Waals surface area contributed by atoms with Crippen LogP contribution in [0, 0.1) is 10.1 Å². The van der Waals surface area contributed by atoms with Crippen molar-refractivity contribution in [3.63, 3.8) is 0 Å². The summed E-state index contributed by atoms with van der Waals surface area (Å²) in [5.74, 6) is 0. The first-order chi connectivity index (χ1) is 10.6. The molecule has 0 aliphatic carbocycles. The summed E-state index contributed by atoms with van der Waals surface area (Å²) in [6, 6.07) is 19.4. The van der Waals surface area contributed by atoms with Crippen LogP contribution in [0.3, 0.4) is 0 Å². The van der Waals surface area contributed by atoms with Gasteiger partial charge in [-0.3, -0.25) is 10.1 Å². The van der Waals surface area contributed by atoms with Gasteiger partial charge in [-0.05, 0) is 57.3 Å². The van der Waals surface area contributed by atoms with Crippen molar-refractivity contribution in [3.8, 4) is 0 Å². The molecule has 4 rings (SSSR count). The highest BCUT2D eigenvalue weighted by atomic mass is 35.5. The number of hydrogen-bond donors (Lipinski definition) is 0. The molecule has 0 N–H and O–H groups in total. The van der Waals surface area contributed by atoms with E-state index in [9.17, 15) is 10.1 Å². The van der Waals surface area contributed by atoms with E-state index < -0.39 is 4.92 Å². The highest BCUT2D eigenvalue weighted by Gasteiger charge is 2.17. The Kier molecular flexibility index (Phi) is 2.78. The molecule has 3 nitrogen and oxygen atoms in total. The predicted octanol–water partition coefficient (Wildman–Crippen LogP) is 5.71. The van der Waals surface area contributed by atoms with Gasteiger partial charge in [-0.2, -0.15) is 0 Å². The van der Waals surface area contributed by atoms with Crippen molar-refractivity contribution in [1.82, 2.24) is 0 Å². The first kappa shape index (κ1) is 13.0. The fourth-order valence-electron chi connectivity index (χ4n) is 2.91. The van der Waals surface area contributed by atoms with E-state index in [0.717, 1.165) is 26.9 Å². The maximum Gasteiger partial charge on any atom is 0.295 e. The Morgan fingerprint density at radius 2 is 1.36 bits per heavy atom. The van der Waals surface area contributed by atoms with Crippen molar-refractivity contribution in [2.45, 2.75) is 0 Å². The Hall–Kier alpha value is -2.65. The zero-order valence-corrected chi connectivity index (χ0v) is 12.2. The van der Waals surface area contributed by atoms with E-state index in [1.165, 1.54) is 0 Å². The van der Waals surface area contributed by atoms with Crippen molar-refractivity contribution >= 4 is 49.6 Å². The fourth-order valence-corrected chi connectivity index (χ4v) is 3.14. The molecule has 0 unspecified atom stereocenters. The molecule has 22 heavy (non-hydrogen) atoms. The summed E-state index contributed by atoms with van der Waals surface area (Å²) in [6.45, 7) is 0. The predicted molar refractivity (Wildman–Crippen MR) is 90.6 cm³/mol. The Balaban J connectivity index is 2.17. The topological polar surface area (TPSA) is 43.1 Å². The van der Waals surface area contributed by atoms with Crippen LogP contribution in [0.5, 0.6) is 0 Å². The Morgan fingerprint density at radius 3 is 2.00 bits per heavy atom. The Labute approximate surface area is 130 Å². The van der Waals surface area contributed by atoms with E-state index in [1.54, 1.807) is 6.07 Å². The standard InChI is InChI=1S/C18H10ClNO2/c19-17-6-5-13-9-14-7-11-3-1-2-4-12(11)8-15(14)10-16(13)18(17)20(21)22/h1-10H. The van der Waals surface area contributed by atoms with Gasteiger partial charge < -0.3 is 0 Å². The van der Waals surface area contributed by atoms with Crippen LogP contribution >= 0.6 is 11.6 Å². The molecule has 0 heterocycles. The van der Waals surface area contributed by atoms with Gasteiger partial charge in [0.2, 0.25) is 0 Å². The third kappa shape index (κ3) is 1.90. The van der Waals surface area contributed by atoms with Crippen molar-refractivity contribution in [1.29, 1.82) is 0 Å². The van der Waals surface area contributed by atoms with E-state index in [2.05, 4.69) is 18.2 Å². The molecule has 0 spiro atoms. The Morgan fingerprint density at radius 1 is 0.773 bits per heavy atom. The molecular formula is C18H10ClNO2. The first-order valence-corrected chi connectivity index (χ1v) is 7.20. The van der Waals surface area contributed by atoms with Crippen molar-refractivity contribution < 1.29 is 4.92 Å². The lowest BCUT2D eigenvalue weighted by atomic mass is 9.99. The SMILES string of the molecule is O=[N+]([O-])c1c(Cl)ccc2cc3cc4ccccc4cc3cc12. The second kappa shape index (κ2) is 4.68. The Bertz CT molecular complexity index is 1070. The molecule has 0 atom stereocenters. The minimum Gasteiger partial charge on any atom is -0.258 e. The van der Waals surface area contributed by atoms with Gasteiger partial charge in [0.25, 0.3) is 5.69 Å². The summed E-state index contributed by atoms with van der Waals surface area (Å²) in [6.07, 6.45) is 0. The van der Waals surface area contributed by atoms with Gasteiger partial charge in [0.15, 0.2) is 0 Å². The molecule has 0 saturated carbocycles. The van der Waals surface area contributed by atoms with Crippen LogP contribution in [0.1, 0.15) is 0 Å². The summed E-state index contributed by atoms with van der Waals surface area (Å²) in [5, 5.41) is 17.1. The third-order valence-electron chi connectivity index (χ3n) is 3.95. The van der Waals surface area contributed by atoms with Crippen molar-refractivity contribution in [3.05, 3.63) is 75.8 Å². The van der Waals surface area contributed by atoms with E-state index in [-0.39, 0.29) is 10.7 Å². The molecule has 0 bridgehead atoms. The van der Waals surface area contributed by atoms with Gasteiger partial charge in [-0.15, -0.1) is 0 Å². The molecule has 0 amide bonds. The van der Waals surface area contributed by atoms with E-state index >= 15 is 0 Å². The van der Waals surface area contributed by atoms with Gasteiger partial charge in [-0.25, -0.2) is 0 Å². The summed E-state index contributed by atoms with van der Waals surface area (Å²) in [4.78, 5) is 10.9. The van der Waals surface area contributed by atoms with Gasteiger partial charge in [0, 0.05) is 0 Å². The normalized spacial score (nSPS) is 11.3. The average molecular weight is 308 g/mol. The number of nitrogens with zero attached hydrogens (tertiary/aromatic N) is 1. The van der Waals surface area contributed by atoms with E-state index in [4.69, 9.17) is 11.6 Å². The molecule has 0 saturated heterocycles. The van der Waals surface area contributed by atoms with Crippen LogP contribution < -0.4 is 0 Å². The van der Waals surface area contributed by atoms with Gasteiger partial charge in [0.05, 0.1) is 10.3 Å². The second-order valence-corrected chi connectivity index (χ2v) is 5.68. The zero-order chi connectivity index (χ0) is 15.3. The van der Waals surface area contributed by atoms with Crippen LogP contribution in [-0.4, -0.2) is 4.92 Å². The van der Waals surface area contributed by atoms with Crippen LogP contribution in [0.15, 0.2) is 60.7 Å². The third-order valence-corrected chi connectivity index (χ3v) is 4.25. The highest BCUT2D eigenvalue weighted by Crippen LogP contribution is 2.36. The summed E-state index contributed by atoms with van der Waals surface area (Å²) in [5.41, 5.74) is -0.0331. The maximum absolute atomic E-state index is 11.3. The molecule has 0 radical (unpaired) electrons. The number of hydrogen-bond acceptors (Lipinski definition) is 2. The summed E-state index contributed by atoms with van der Waals surface area (Å²) in [7, 11) is 0. The van der Waals surface area contributed by atoms with Crippen molar-refractivity contribution in [2.24, 2.45) is 0 Å². The number of nitro benzene ring substituents is 1. The first-order valence-electron chi connectivity index (χ1n) is 6.83. The van der Waals surface area contributed by atoms with Crippen molar-refractivity contribution in [2.75, 3.05) is 0 Å². The smallest absolute Gasteiger partial charge is 0.258 e. The molecule has 4 heteroatoms. The number of benzene rings is 4. The molecule has 4 aromatic rings. The second-order valence-electron chi connectivity index (χ2n) is 5.27. The number of rotatable bonds is 1. The molecule has 0 aliphatic heterocycles. The monoisotopic (exact) mass is 307 g/mol. The number of fused-ring (bicyclic) bond motifs is 3. The molecular weight excluding hydrogens is 298 g/mol. The molecule has 106 valence electrons. The van der Waals surface area contributed by atoms with Crippen LogP contribution in [0.4, 0.5) is 5.69 Å². The van der Waals surface area contributed by atoms with Gasteiger partial charge >= 0.3 is 0 Å². The minimum atomic E-state index is -0.419.